The summed E-state index contributed by atoms with van der Waals surface area (Å²) < 4.78 is 42.3. The van der Waals surface area contributed by atoms with E-state index in [2.05, 4.69) is 39.4 Å². The van der Waals surface area contributed by atoms with Crippen molar-refractivity contribution >= 4 is 17.5 Å². The molecule has 0 saturated heterocycles. The van der Waals surface area contributed by atoms with E-state index in [1.165, 1.54) is 30.2 Å². The number of nitrogens with one attached hydrogen (secondary N) is 2. The molecule has 1 fully saturated rings. The smallest absolute Gasteiger partial charge is 0.406 e. The Hall–Kier alpha value is -3.29. The minimum atomic E-state index is -4.76. The summed E-state index contributed by atoms with van der Waals surface area (Å²) >= 11 is 0. The van der Waals surface area contributed by atoms with Gasteiger partial charge in [-0.3, -0.25) is 0 Å². The van der Waals surface area contributed by atoms with Crippen molar-refractivity contribution in [3.63, 3.8) is 0 Å². The highest BCUT2D eigenvalue weighted by Gasteiger charge is 2.31. The van der Waals surface area contributed by atoms with Crippen molar-refractivity contribution in [3.05, 3.63) is 59.2 Å². The van der Waals surface area contributed by atoms with Gasteiger partial charge in [0.15, 0.2) is 0 Å². The molecule has 1 saturated carbocycles. The quantitative estimate of drug-likeness (QED) is 0.392. The number of halogens is 3. The second-order valence-electron chi connectivity index (χ2n) is 8.92. The van der Waals surface area contributed by atoms with Crippen LogP contribution in [0.15, 0.2) is 42.5 Å². The molecule has 1 heterocycles. The number of aromatic nitrogens is 2. The van der Waals surface area contributed by atoms with E-state index in [1.807, 2.05) is 13.8 Å². The van der Waals surface area contributed by atoms with Gasteiger partial charge in [-0.25, -0.2) is 4.98 Å². The van der Waals surface area contributed by atoms with Gasteiger partial charge in [-0.15, -0.1) is 13.2 Å². The van der Waals surface area contributed by atoms with Crippen molar-refractivity contribution < 1.29 is 17.9 Å². The Balaban J connectivity index is 1.71. The second-order valence-corrected chi connectivity index (χ2v) is 8.92. The van der Waals surface area contributed by atoms with Crippen LogP contribution in [0.3, 0.4) is 0 Å². The molecular formula is C26H29F3N4O. The normalized spacial score (nSPS) is 14.6. The van der Waals surface area contributed by atoms with E-state index in [9.17, 15) is 13.2 Å². The van der Waals surface area contributed by atoms with Gasteiger partial charge in [-0.05, 0) is 56.9 Å². The molecule has 5 nitrogen and oxygen atoms in total. The Morgan fingerprint density at radius 1 is 0.912 bits per heavy atom. The topological polar surface area (TPSA) is 59.1 Å². The van der Waals surface area contributed by atoms with Crippen LogP contribution in [-0.2, 0) is 0 Å². The molecule has 3 aromatic rings. The molecule has 0 amide bonds. The van der Waals surface area contributed by atoms with Crippen molar-refractivity contribution in [3.8, 4) is 17.0 Å². The SMILES string of the molecule is Cc1cc(C)c(Nc2cc(-c3cccc(OC(F)(F)F)c3)nc(NC3CCCCC3)n2)c(C)c1. The summed E-state index contributed by atoms with van der Waals surface area (Å²) in [5.41, 5.74) is 5.31. The molecule has 2 N–H and O–H groups in total. The molecule has 2 aromatic carbocycles. The van der Waals surface area contributed by atoms with Gasteiger partial charge in [0.25, 0.3) is 0 Å². The molecule has 1 aliphatic rings. The first-order chi connectivity index (χ1) is 16.2. The van der Waals surface area contributed by atoms with E-state index in [0.717, 1.165) is 42.5 Å². The van der Waals surface area contributed by atoms with E-state index in [0.29, 0.717) is 23.0 Å². The number of rotatable bonds is 6. The molecule has 1 aromatic heterocycles. The highest BCUT2D eigenvalue weighted by molar-refractivity contribution is 5.71. The van der Waals surface area contributed by atoms with Gasteiger partial charge >= 0.3 is 6.36 Å². The van der Waals surface area contributed by atoms with Crippen molar-refractivity contribution in [1.82, 2.24) is 9.97 Å². The molecule has 0 atom stereocenters. The Labute approximate surface area is 197 Å². The van der Waals surface area contributed by atoms with Crippen LogP contribution >= 0.6 is 0 Å². The predicted molar refractivity (Wildman–Crippen MR) is 129 cm³/mol. The fourth-order valence-electron chi connectivity index (χ4n) is 4.51. The second kappa shape index (κ2) is 9.91. The third-order valence-electron chi connectivity index (χ3n) is 5.96. The number of ether oxygens (including phenoxy) is 1. The minimum Gasteiger partial charge on any atom is -0.406 e. The number of anilines is 3. The number of hydrogen-bond acceptors (Lipinski definition) is 5. The van der Waals surface area contributed by atoms with Gasteiger partial charge in [0, 0.05) is 23.4 Å². The van der Waals surface area contributed by atoms with Crippen LogP contribution in [0.1, 0.15) is 48.8 Å². The zero-order valence-electron chi connectivity index (χ0n) is 19.6. The van der Waals surface area contributed by atoms with Crippen molar-refractivity contribution in [2.45, 2.75) is 65.3 Å². The van der Waals surface area contributed by atoms with E-state index >= 15 is 0 Å². The maximum Gasteiger partial charge on any atom is 0.573 e. The molecule has 0 radical (unpaired) electrons. The molecule has 1 aliphatic carbocycles. The third-order valence-corrected chi connectivity index (χ3v) is 5.96. The fraction of sp³-hybridized carbons (Fsp3) is 0.385. The largest absolute Gasteiger partial charge is 0.573 e. The Morgan fingerprint density at radius 3 is 2.29 bits per heavy atom. The van der Waals surface area contributed by atoms with Gasteiger partial charge < -0.3 is 15.4 Å². The standard InChI is InChI=1S/C26H29F3N4O/c1-16-12-17(2)24(18(3)13-16)32-23-15-22(19-8-7-11-21(14-19)34-26(27,28)29)31-25(33-23)30-20-9-5-4-6-10-20/h7-8,11-15,20H,4-6,9-10H2,1-3H3,(H2,30,31,32,33). The van der Waals surface area contributed by atoms with Gasteiger partial charge in [-0.1, -0.05) is 49.1 Å². The molecule has 0 unspecified atom stereocenters. The number of aryl methyl sites for hydroxylation is 3. The zero-order valence-corrected chi connectivity index (χ0v) is 19.6. The van der Waals surface area contributed by atoms with Crippen LogP contribution in [-0.4, -0.2) is 22.4 Å². The molecule has 8 heteroatoms. The average Bonchev–Trinajstić information content (AvgIpc) is 2.76. The Morgan fingerprint density at radius 2 is 1.62 bits per heavy atom. The van der Waals surface area contributed by atoms with Crippen molar-refractivity contribution in [1.29, 1.82) is 0 Å². The summed E-state index contributed by atoms with van der Waals surface area (Å²) in [5.74, 6) is 0.738. The summed E-state index contributed by atoms with van der Waals surface area (Å²) in [7, 11) is 0. The maximum atomic E-state index is 12.7. The zero-order chi connectivity index (χ0) is 24.3. The molecule has 180 valence electrons. The minimum absolute atomic E-state index is 0.277. The Kier molecular flexibility index (Phi) is 6.95. The summed E-state index contributed by atoms with van der Waals surface area (Å²) in [6.45, 7) is 6.11. The van der Waals surface area contributed by atoms with E-state index in [-0.39, 0.29) is 11.8 Å². The molecule has 34 heavy (non-hydrogen) atoms. The van der Waals surface area contributed by atoms with Gasteiger partial charge in [0.05, 0.1) is 5.69 Å². The van der Waals surface area contributed by atoms with E-state index in [4.69, 9.17) is 4.98 Å². The predicted octanol–water partition coefficient (Wildman–Crippen LogP) is 7.46. The number of alkyl halides is 3. The van der Waals surface area contributed by atoms with Crippen molar-refractivity contribution in [2.24, 2.45) is 0 Å². The van der Waals surface area contributed by atoms with Gasteiger partial charge in [-0.2, -0.15) is 4.98 Å². The molecule has 0 aliphatic heterocycles. The van der Waals surface area contributed by atoms with Crippen molar-refractivity contribution in [2.75, 3.05) is 10.6 Å². The average molecular weight is 471 g/mol. The van der Waals surface area contributed by atoms with E-state index < -0.39 is 6.36 Å². The lowest BCUT2D eigenvalue weighted by molar-refractivity contribution is -0.274. The van der Waals surface area contributed by atoms with Crippen LogP contribution in [0.25, 0.3) is 11.3 Å². The highest BCUT2D eigenvalue weighted by atomic mass is 19.4. The van der Waals surface area contributed by atoms with Gasteiger partial charge in [0.1, 0.15) is 11.6 Å². The van der Waals surface area contributed by atoms with Crippen LogP contribution in [0.4, 0.5) is 30.6 Å². The fourth-order valence-corrected chi connectivity index (χ4v) is 4.51. The summed E-state index contributed by atoms with van der Waals surface area (Å²) in [6, 6.07) is 12.1. The molecule has 4 rings (SSSR count). The Bertz CT molecular complexity index is 1130. The number of hydrogen-bond donors (Lipinski definition) is 2. The maximum absolute atomic E-state index is 12.7. The molecule has 0 bridgehead atoms. The lowest BCUT2D eigenvalue weighted by atomic mass is 9.96. The summed E-state index contributed by atoms with van der Waals surface area (Å²) in [5, 5.41) is 6.84. The van der Waals surface area contributed by atoms with Crippen LogP contribution in [0, 0.1) is 20.8 Å². The lowest BCUT2D eigenvalue weighted by Gasteiger charge is -2.23. The van der Waals surface area contributed by atoms with Crippen LogP contribution in [0.2, 0.25) is 0 Å². The summed E-state index contributed by atoms with van der Waals surface area (Å²) in [4.78, 5) is 9.33. The summed E-state index contributed by atoms with van der Waals surface area (Å²) in [6.07, 6.45) is 0.861. The number of nitrogens with zero attached hydrogens (tertiary/aromatic N) is 2. The first kappa shape index (κ1) is 23.9. The third kappa shape index (κ3) is 6.18. The first-order valence-electron chi connectivity index (χ1n) is 11.5. The molecular weight excluding hydrogens is 441 g/mol. The van der Waals surface area contributed by atoms with Crippen LogP contribution < -0.4 is 15.4 Å². The lowest BCUT2D eigenvalue weighted by Crippen LogP contribution is -2.23. The monoisotopic (exact) mass is 470 g/mol. The first-order valence-corrected chi connectivity index (χ1v) is 11.5. The van der Waals surface area contributed by atoms with Crippen LogP contribution in [0.5, 0.6) is 5.75 Å². The highest BCUT2D eigenvalue weighted by Crippen LogP contribution is 2.31. The number of benzene rings is 2. The van der Waals surface area contributed by atoms with E-state index in [1.54, 1.807) is 12.1 Å². The van der Waals surface area contributed by atoms with Gasteiger partial charge in [0.2, 0.25) is 5.95 Å². The molecule has 0 spiro atoms.